The van der Waals surface area contributed by atoms with E-state index in [1.54, 1.807) is 0 Å². The highest BCUT2D eigenvalue weighted by Gasteiger charge is 2.11. The number of hydrogen-bond donors (Lipinski definition) is 1. The highest BCUT2D eigenvalue weighted by molar-refractivity contribution is 7.98. The number of hydrogen-bond acceptors (Lipinski definition) is 2. The Morgan fingerprint density at radius 1 is 1.36 bits per heavy atom. The molecule has 0 rings (SSSR count). The Morgan fingerprint density at radius 3 is 2.27 bits per heavy atom. The molecule has 1 unspecified atom stereocenters. The Hall–Kier alpha value is 0.310. The van der Waals surface area contributed by atoms with Crippen LogP contribution in [0.25, 0.3) is 0 Å². The Bertz CT molecular complexity index is 96.2. The third-order valence-corrected chi connectivity index (χ3v) is 2.41. The molecule has 0 saturated carbocycles. The molecule has 2 N–H and O–H groups in total. The molecular weight excluding hydrogens is 154 g/mol. The quantitative estimate of drug-likeness (QED) is 0.710. The van der Waals surface area contributed by atoms with Crippen LogP contribution in [0.3, 0.4) is 0 Å². The van der Waals surface area contributed by atoms with E-state index in [2.05, 4.69) is 27.0 Å². The maximum Gasteiger partial charge on any atom is 0.0130 e. The van der Waals surface area contributed by atoms with E-state index in [0.717, 1.165) is 12.2 Å². The van der Waals surface area contributed by atoms with Crippen molar-refractivity contribution in [1.82, 2.24) is 0 Å². The second-order valence-electron chi connectivity index (χ2n) is 4.31. The molecule has 0 fully saturated rings. The van der Waals surface area contributed by atoms with Crippen LogP contribution in [0.5, 0.6) is 0 Å². The molecule has 0 spiro atoms. The largest absolute Gasteiger partial charge is 0.327 e. The van der Waals surface area contributed by atoms with E-state index in [4.69, 9.17) is 5.73 Å². The monoisotopic (exact) mass is 175 g/mol. The molecule has 1 nitrogen and oxygen atoms in total. The first-order valence-corrected chi connectivity index (χ1v) is 5.59. The van der Waals surface area contributed by atoms with Gasteiger partial charge >= 0.3 is 0 Å². The maximum atomic E-state index is 5.87. The third-order valence-electron chi connectivity index (χ3n) is 1.65. The van der Waals surface area contributed by atoms with Crippen LogP contribution in [0, 0.1) is 5.41 Å². The van der Waals surface area contributed by atoms with Gasteiger partial charge < -0.3 is 5.73 Å². The van der Waals surface area contributed by atoms with Crippen LogP contribution in [0.4, 0.5) is 0 Å². The summed E-state index contributed by atoms with van der Waals surface area (Å²) in [4.78, 5) is 0. The summed E-state index contributed by atoms with van der Waals surface area (Å²) in [5.74, 6) is 1.09. The molecule has 0 aliphatic rings. The molecule has 0 aliphatic heterocycles. The molecule has 0 amide bonds. The van der Waals surface area contributed by atoms with Crippen LogP contribution in [0.2, 0.25) is 0 Å². The Kier molecular flexibility index (Phi) is 5.19. The molecule has 1 atom stereocenters. The van der Waals surface area contributed by atoms with E-state index in [1.807, 2.05) is 11.8 Å². The summed E-state index contributed by atoms with van der Waals surface area (Å²) in [6.45, 7) is 6.79. The van der Waals surface area contributed by atoms with Gasteiger partial charge in [0.15, 0.2) is 0 Å². The van der Waals surface area contributed by atoms with E-state index in [-0.39, 0.29) is 0 Å². The first-order chi connectivity index (χ1) is 4.95. The van der Waals surface area contributed by atoms with Crippen molar-refractivity contribution in [2.75, 3.05) is 12.0 Å². The predicted molar refractivity (Wildman–Crippen MR) is 55.0 cm³/mol. The summed E-state index contributed by atoms with van der Waals surface area (Å²) >= 11 is 1.84. The molecule has 11 heavy (non-hydrogen) atoms. The van der Waals surface area contributed by atoms with Crippen LogP contribution >= 0.6 is 11.8 Å². The van der Waals surface area contributed by atoms with Crippen molar-refractivity contribution in [3.8, 4) is 0 Å². The average Bonchev–Trinajstić information content (AvgIpc) is 1.83. The molecule has 0 heterocycles. The van der Waals surface area contributed by atoms with Gasteiger partial charge in [-0.2, -0.15) is 11.8 Å². The van der Waals surface area contributed by atoms with E-state index in [1.165, 1.54) is 6.42 Å². The van der Waals surface area contributed by atoms with Gasteiger partial charge in [-0.25, -0.2) is 0 Å². The molecule has 0 bridgehead atoms. The minimum Gasteiger partial charge on any atom is -0.327 e. The highest BCUT2D eigenvalue weighted by Crippen LogP contribution is 2.21. The summed E-state index contributed by atoms with van der Waals surface area (Å²) in [7, 11) is 0. The van der Waals surface area contributed by atoms with Crippen molar-refractivity contribution in [2.45, 2.75) is 39.7 Å². The second-order valence-corrected chi connectivity index (χ2v) is 5.23. The topological polar surface area (TPSA) is 26.0 Å². The fourth-order valence-corrected chi connectivity index (χ4v) is 1.51. The lowest BCUT2D eigenvalue weighted by atomic mass is 9.89. The van der Waals surface area contributed by atoms with Gasteiger partial charge in [0.2, 0.25) is 0 Å². The highest BCUT2D eigenvalue weighted by atomic mass is 32.2. The van der Waals surface area contributed by atoms with E-state index in [0.29, 0.717) is 11.5 Å². The van der Waals surface area contributed by atoms with Crippen molar-refractivity contribution in [3.63, 3.8) is 0 Å². The molecule has 0 aromatic carbocycles. The normalized spacial score (nSPS) is 15.0. The Labute approximate surface area is 75.1 Å². The molecule has 68 valence electrons. The summed E-state index contributed by atoms with van der Waals surface area (Å²) < 4.78 is 0. The Balaban J connectivity index is 3.38. The number of nitrogens with two attached hydrogens (primary N) is 1. The number of thioether (sulfide) groups is 1. The summed E-state index contributed by atoms with van der Waals surface area (Å²) in [6.07, 6.45) is 4.50. The van der Waals surface area contributed by atoms with Gasteiger partial charge in [0.25, 0.3) is 0 Å². The SMILES string of the molecule is CSCC(N)CCC(C)(C)C. The Morgan fingerprint density at radius 2 is 1.91 bits per heavy atom. The van der Waals surface area contributed by atoms with Gasteiger partial charge in [0.1, 0.15) is 0 Å². The van der Waals surface area contributed by atoms with E-state index in [9.17, 15) is 0 Å². The van der Waals surface area contributed by atoms with E-state index >= 15 is 0 Å². The van der Waals surface area contributed by atoms with Crippen LogP contribution in [0.15, 0.2) is 0 Å². The standard InChI is InChI=1S/C9H21NS/c1-9(2,3)6-5-8(10)7-11-4/h8H,5-7,10H2,1-4H3. The smallest absolute Gasteiger partial charge is 0.0130 e. The maximum absolute atomic E-state index is 5.87. The summed E-state index contributed by atoms with van der Waals surface area (Å²) in [5.41, 5.74) is 6.31. The van der Waals surface area contributed by atoms with Crippen molar-refractivity contribution < 1.29 is 0 Å². The summed E-state index contributed by atoms with van der Waals surface area (Å²) in [5, 5.41) is 0. The minimum atomic E-state index is 0.393. The fourth-order valence-electron chi connectivity index (χ4n) is 0.916. The second kappa shape index (κ2) is 5.04. The minimum absolute atomic E-state index is 0.393. The zero-order valence-electron chi connectivity index (χ0n) is 8.18. The van der Waals surface area contributed by atoms with Crippen molar-refractivity contribution in [3.05, 3.63) is 0 Å². The molecule has 0 aliphatic carbocycles. The van der Waals surface area contributed by atoms with E-state index < -0.39 is 0 Å². The molecule has 0 saturated heterocycles. The fraction of sp³-hybridized carbons (Fsp3) is 1.00. The molecule has 0 aromatic rings. The van der Waals surface area contributed by atoms with Crippen molar-refractivity contribution >= 4 is 11.8 Å². The average molecular weight is 175 g/mol. The third kappa shape index (κ3) is 8.21. The van der Waals surface area contributed by atoms with Crippen LogP contribution in [0.1, 0.15) is 33.6 Å². The molecule has 0 radical (unpaired) electrons. The van der Waals surface area contributed by atoms with Crippen LogP contribution in [-0.4, -0.2) is 18.1 Å². The van der Waals surface area contributed by atoms with Gasteiger partial charge in [-0.1, -0.05) is 20.8 Å². The van der Waals surface area contributed by atoms with Crippen LogP contribution < -0.4 is 5.73 Å². The zero-order valence-corrected chi connectivity index (χ0v) is 9.00. The van der Waals surface area contributed by atoms with Crippen LogP contribution in [-0.2, 0) is 0 Å². The summed E-state index contributed by atoms with van der Waals surface area (Å²) in [6, 6.07) is 0.393. The first kappa shape index (κ1) is 11.3. The van der Waals surface area contributed by atoms with Gasteiger partial charge in [0, 0.05) is 11.8 Å². The van der Waals surface area contributed by atoms with Gasteiger partial charge in [-0.3, -0.25) is 0 Å². The lowest BCUT2D eigenvalue weighted by Crippen LogP contribution is -2.24. The number of rotatable bonds is 4. The van der Waals surface area contributed by atoms with Gasteiger partial charge in [-0.15, -0.1) is 0 Å². The lowest BCUT2D eigenvalue weighted by molar-refractivity contribution is 0.353. The molecular formula is C9H21NS. The zero-order chi connectivity index (χ0) is 8.91. The lowest BCUT2D eigenvalue weighted by Gasteiger charge is -2.20. The van der Waals surface area contributed by atoms with Gasteiger partial charge in [-0.05, 0) is 24.5 Å². The predicted octanol–water partition coefficient (Wildman–Crippen LogP) is 2.50. The van der Waals surface area contributed by atoms with Crippen molar-refractivity contribution in [2.24, 2.45) is 11.1 Å². The van der Waals surface area contributed by atoms with Gasteiger partial charge in [0.05, 0.1) is 0 Å². The first-order valence-electron chi connectivity index (χ1n) is 4.20. The molecule has 2 heteroatoms. The van der Waals surface area contributed by atoms with Crippen molar-refractivity contribution in [1.29, 1.82) is 0 Å². The molecule has 0 aromatic heterocycles.